The summed E-state index contributed by atoms with van der Waals surface area (Å²) in [4.78, 5) is 23.9. The van der Waals surface area contributed by atoms with Crippen LogP contribution in [0.5, 0.6) is 0 Å². The summed E-state index contributed by atoms with van der Waals surface area (Å²) < 4.78 is 18.4. The van der Waals surface area contributed by atoms with Crippen LogP contribution < -0.4 is 5.32 Å². The number of halogens is 1. The number of ether oxygens (including phenoxy) is 1. The topological polar surface area (TPSA) is 55.4 Å². The zero-order valence-electron chi connectivity index (χ0n) is 13.9. The number of rotatable bonds is 6. The summed E-state index contributed by atoms with van der Waals surface area (Å²) in [5.74, 6) is 0.104. The van der Waals surface area contributed by atoms with Crippen LogP contribution in [0.1, 0.15) is 58.1 Å². The number of alkyl carbamates (subject to hydrolysis) is 1. The van der Waals surface area contributed by atoms with E-state index in [-0.39, 0.29) is 23.6 Å². The van der Waals surface area contributed by atoms with Gasteiger partial charge in [0.05, 0.1) is 6.04 Å². The van der Waals surface area contributed by atoms with E-state index in [0.717, 1.165) is 18.4 Å². The normalized spacial score (nSPS) is 15.8. The molecule has 0 radical (unpaired) electrons. The van der Waals surface area contributed by atoms with Crippen molar-refractivity contribution in [3.63, 3.8) is 0 Å². The fourth-order valence-electron chi connectivity index (χ4n) is 2.36. The lowest BCUT2D eigenvalue weighted by Crippen LogP contribution is -2.35. The van der Waals surface area contributed by atoms with Gasteiger partial charge in [0, 0.05) is 12.3 Å². The molecule has 126 valence electrons. The van der Waals surface area contributed by atoms with Crippen LogP contribution in [-0.2, 0) is 9.53 Å². The van der Waals surface area contributed by atoms with Crippen molar-refractivity contribution in [2.45, 2.75) is 58.1 Å². The first-order chi connectivity index (χ1) is 10.7. The van der Waals surface area contributed by atoms with Gasteiger partial charge in [-0.2, -0.15) is 0 Å². The lowest BCUT2D eigenvalue weighted by Gasteiger charge is -2.24. The molecule has 0 aromatic heterocycles. The third kappa shape index (κ3) is 6.00. The molecule has 0 heterocycles. The Balaban J connectivity index is 2.02. The third-order valence-corrected chi connectivity index (χ3v) is 3.68. The second-order valence-corrected chi connectivity index (χ2v) is 7.03. The van der Waals surface area contributed by atoms with Gasteiger partial charge < -0.3 is 10.1 Å². The monoisotopic (exact) mass is 321 g/mol. The molecular weight excluding hydrogens is 297 g/mol. The number of hydrogen-bond acceptors (Lipinski definition) is 3. The van der Waals surface area contributed by atoms with Crippen molar-refractivity contribution in [2.75, 3.05) is 0 Å². The van der Waals surface area contributed by atoms with E-state index >= 15 is 0 Å². The van der Waals surface area contributed by atoms with Crippen LogP contribution in [0.2, 0.25) is 0 Å². The van der Waals surface area contributed by atoms with Gasteiger partial charge in [0.15, 0.2) is 0 Å². The van der Waals surface area contributed by atoms with Crippen LogP contribution in [0.3, 0.4) is 0 Å². The van der Waals surface area contributed by atoms with Gasteiger partial charge in [-0.05, 0) is 57.7 Å². The molecule has 0 saturated heterocycles. The quantitative estimate of drug-likeness (QED) is 0.856. The first-order valence-corrected chi connectivity index (χ1v) is 8.02. The van der Waals surface area contributed by atoms with E-state index in [1.807, 2.05) is 0 Å². The minimum Gasteiger partial charge on any atom is -0.444 e. The predicted octanol–water partition coefficient (Wildman–Crippen LogP) is 4.15. The summed E-state index contributed by atoms with van der Waals surface area (Å²) in [6.45, 7) is 5.36. The maximum absolute atomic E-state index is 13.1. The largest absolute Gasteiger partial charge is 0.444 e. The number of benzene rings is 1. The fourth-order valence-corrected chi connectivity index (χ4v) is 2.36. The fraction of sp³-hybridized carbons (Fsp3) is 0.556. The molecule has 4 nitrogen and oxygen atoms in total. The molecule has 1 aliphatic rings. The Bertz CT molecular complexity index is 559. The smallest absolute Gasteiger partial charge is 0.408 e. The summed E-state index contributed by atoms with van der Waals surface area (Å²) in [5.41, 5.74) is 0.169. The average Bonchev–Trinajstić information content (AvgIpc) is 3.26. The third-order valence-electron chi connectivity index (χ3n) is 3.68. The zero-order valence-corrected chi connectivity index (χ0v) is 13.9. The Morgan fingerprint density at radius 3 is 2.39 bits per heavy atom. The standard InChI is InChI=1S/C18H24FNO3/c1-18(2,3)23-17(22)20-15(10-11-16(21)13-4-5-13)12-6-8-14(19)9-7-12/h6-9,13,15H,4-5,10-11H2,1-3H3,(H,20,22)/t15-/m0/s1. The average molecular weight is 321 g/mol. The zero-order chi connectivity index (χ0) is 17.0. The highest BCUT2D eigenvalue weighted by atomic mass is 19.1. The van der Waals surface area contributed by atoms with Gasteiger partial charge >= 0.3 is 6.09 Å². The molecule has 1 N–H and O–H groups in total. The number of carbonyl (C=O) groups excluding carboxylic acids is 2. The molecule has 2 rings (SSSR count). The van der Waals surface area contributed by atoms with E-state index in [1.54, 1.807) is 32.9 Å². The molecule has 1 amide bonds. The van der Waals surface area contributed by atoms with Gasteiger partial charge in [-0.15, -0.1) is 0 Å². The molecule has 5 heteroatoms. The van der Waals surface area contributed by atoms with E-state index in [1.165, 1.54) is 12.1 Å². The number of ketones is 1. The van der Waals surface area contributed by atoms with Crippen molar-refractivity contribution in [3.8, 4) is 0 Å². The van der Waals surface area contributed by atoms with Gasteiger partial charge in [-0.25, -0.2) is 9.18 Å². The van der Waals surface area contributed by atoms with E-state index in [2.05, 4.69) is 5.32 Å². The number of nitrogens with one attached hydrogen (secondary N) is 1. The summed E-state index contributed by atoms with van der Waals surface area (Å²) in [7, 11) is 0. The minimum absolute atomic E-state index is 0.199. The molecule has 0 spiro atoms. The lowest BCUT2D eigenvalue weighted by atomic mass is 9.99. The van der Waals surface area contributed by atoms with E-state index < -0.39 is 11.7 Å². The van der Waals surface area contributed by atoms with Crippen molar-refractivity contribution >= 4 is 11.9 Å². The maximum Gasteiger partial charge on any atom is 0.408 e. The van der Waals surface area contributed by atoms with Crippen LogP contribution in [-0.4, -0.2) is 17.5 Å². The summed E-state index contributed by atoms with van der Waals surface area (Å²) in [6.07, 6.45) is 2.30. The number of amides is 1. The summed E-state index contributed by atoms with van der Waals surface area (Å²) in [5, 5.41) is 2.79. The van der Waals surface area contributed by atoms with Crippen molar-refractivity contribution in [2.24, 2.45) is 5.92 Å². The molecule has 0 unspecified atom stereocenters. The van der Waals surface area contributed by atoms with Gasteiger partial charge in [-0.1, -0.05) is 12.1 Å². The van der Waals surface area contributed by atoms with E-state index in [0.29, 0.717) is 12.8 Å². The number of hydrogen-bond donors (Lipinski definition) is 1. The Morgan fingerprint density at radius 2 is 1.87 bits per heavy atom. The van der Waals surface area contributed by atoms with Gasteiger partial charge in [-0.3, -0.25) is 4.79 Å². The van der Waals surface area contributed by atoms with Crippen LogP contribution in [0.15, 0.2) is 24.3 Å². The molecule has 1 atom stereocenters. The molecule has 1 aromatic carbocycles. The van der Waals surface area contributed by atoms with E-state index in [4.69, 9.17) is 4.74 Å². The van der Waals surface area contributed by atoms with Gasteiger partial charge in [0.25, 0.3) is 0 Å². The molecule has 1 fully saturated rings. The van der Waals surface area contributed by atoms with Crippen molar-refractivity contribution in [3.05, 3.63) is 35.6 Å². The first kappa shape index (κ1) is 17.4. The Kier molecular flexibility index (Phi) is 5.39. The molecule has 0 bridgehead atoms. The Morgan fingerprint density at radius 1 is 1.26 bits per heavy atom. The predicted molar refractivity (Wildman–Crippen MR) is 85.5 cm³/mol. The molecule has 1 aromatic rings. The molecule has 1 saturated carbocycles. The maximum atomic E-state index is 13.1. The second kappa shape index (κ2) is 7.11. The van der Waals surface area contributed by atoms with Gasteiger partial charge in [0.2, 0.25) is 0 Å². The number of carbonyl (C=O) groups is 2. The van der Waals surface area contributed by atoms with Crippen LogP contribution in [0, 0.1) is 11.7 Å². The first-order valence-electron chi connectivity index (χ1n) is 8.02. The highest BCUT2D eigenvalue weighted by Crippen LogP contribution is 2.32. The van der Waals surface area contributed by atoms with Gasteiger partial charge in [0.1, 0.15) is 17.2 Å². The van der Waals surface area contributed by atoms with E-state index in [9.17, 15) is 14.0 Å². The van der Waals surface area contributed by atoms with Crippen LogP contribution in [0.4, 0.5) is 9.18 Å². The Labute approximate surface area is 136 Å². The second-order valence-electron chi connectivity index (χ2n) is 7.03. The molecule has 0 aliphatic heterocycles. The lowest BCUT2D eigenvalue weighted by molar-refractivity contribution is -0.120. The highest BCUT2D eigenvalue weighted by Gasteiger charge is 2.30. The van der Waals surface area contributed by atoms with Crippen molar-refractivity contribution in [1.29, 1.82) is 0 Å². The highest BCUT2D eigenvalue weighted by molar-refractivity contribution is 5.83. The van der Waals surface area contributed by atoms with Crippen molar-refractivity contribution < 1.29 is 18.7 Å². The Hall–Kier alpha value is -1.91. The van der Waals surface area contributed by atoms with Crippen LogP contribution in [0.25, 0.3) is 0 Å². The summed E-state index contributed by atoms with van der Waals surface area (Å²) in [6, 6.07) is 5.58. The molecule has 23 heavy (non-hydrogen) atoms. The number of Topliss-reactive ketones (excluding diaryl/α,β-unsaturated/α-hetero) is 1. The SMILES string of the molecule is CC(C)(C)OC(=O)N[C@@H](CCC(=O)C1CC1)c1ccc(F)cc1. The molecule has 1 aliphatic carbocycles. The van der Waals surface area contributed by atoms with Crippen LogP contribution >= 0.6 is 0 Å². The van der Waals surface area contributed by atoms with Crippen molar-refractivity contribution in [1.82, 2.24) is 5.32 Å². The molecular formula is C18H24FNO3. The summed E-state index contributed by atoms with van der Waals surface area (Å²) >= 11 is 0. The minimum atomic E-state index is -0.596.